The van der Waals surface area contributed by atoms with Crippen molar-refractivity contribution in [3.05, 3.63) is 11.9 Å². The first-order valence-electron chi connectivity index (χ1n) is 7.06. The summed E-state index contributed by atoms with van der Waals surface area (Å²) in [6.45, 7) is 4.99. The van der Waals surface area contributed by atoms with E-state index in [1.807, 2.05) is 6.92 Å². The molecular formula is C13H23N3O2S. The lowest BCUT2D eigenvalue weighted by molar-refractivity contribution is 0.357. The second-order valence-corrected chi connectivity index (χ2v) is 7.00. The zero-order valence-electron chi connectivity index (χ0n) is 11.7. The highest BCUT2D eigenvalue weighted by Gasteiger charge is 2.22. The summed E-state index contributed by atoms with van der Waals surface area (Å²) in [5, 5.41) is 4.09. The highest BCUT2D eigenvalue weighted by atomic mass is 32.2. The molecule has 2 rings (SSSR count). The van der Waals surface area contributed by atoms with Gasteiger partial charge in [-0.15, -0.1) is 0 Å². The predicted octanol–water partition coefficient (Wildman–Crippen LogP) is 2.07. The molecular weight excluding hydrogens is 262 g/mol. The van der Waals surface area contributed by atoms with E-state index < -0.39 is 10.0 Å². The fourth-order valence-electron chi connectivity index (χ4n) is 2.71. The van der Waals surface area contributed by atoms with Crippen LogP contribution in [0.5, 0.6) is 0 Å². The van der Waals surface area contributed by atoms with Crippen LogP contribution in [0.25, 0.3) is 0 Å². The number of aryl methyl sites for hydroxylation is 1. The summed E-state index contributed by atoms with van der Waals surface area (Å²) in [5.41, 5.74) is 0.707. The van der Waals surface area contributed by atoms with Crippen LogP contribution in [-0.2, 0) is 16.6 Å². The number of nitrogens with one attached hydrogen (secondary N) is 1. The van der Waals surface area contributed by atoms with Gasteiger partial charge in [0, 0.05) is 13.1 Å². The van der Waals surface area contributed by atoms with E-state index in [-0.39, 0.29) is 0 Å². The molecule has 0 aromatic carbocycles. The largest absolute Gasteiger partial charge is 0.269 e. The molecule has 1 heterocycles. The molecule has 1 aromatic rings. The first kappa shape index (κ1) is 14.5. The number of nitrogens with zero attached hydrogens (tertiary/aromatic N) is 2. The highest BCUT2D eigenvalue weighted by molar-refractivity contribution is 7.89. The molecule has 0 aliphatic heterocycles. The molecule has 0 atom stereocenters. The summed E-state index contributed by atoms with van der Waals surface area (Å²) < 4.78 is 29.0. The second-order valence-electron chi connectivity index (χ2n) is 5.27. The maximum atomic E-state index is 12.3. The number of rotatable bonds is 5. The van der Waals surface area contributed by atoms with Gasteiger partial charge in [-0.05, 0) is 32.6 Å². The molecule has 0 amide bonds. The molecule has 1 fully saturated rings. The Morgan fingerprint density at radius 3 is 2.63 bits per heavy atom. The molecule has 1 aromatic heterocycles. The third kappa shape index (κ3) is 3.36. The van der Waals surface area contributed by atoms with Gasteiger partial charge in [0.25, 0.3) is 0 Å². The Hall–Kier alpha value is -0.880. The number of hydrogen-bond donors (Lipinski definition) is 1. The van der Waals surface area contributed by atoms with Gasteiger partial charge in [-0.2, -0.15) is 5.10 Å². The summed E-state index contributed by atoms with van der Waals surface area (Å²) in [4.78, 5) is 0.310. The molecule has 0 radical (unpaired) electrons. The predicted molar refractivity (Wildman–Crippen MR) is 74.4 cm³/mol. The van der Waals surface area contributed by atoms with Crippen LogP contribution >= 0.6 is 0 Å². The Bertz CT molecular complexity index is 516. The Kier molecular flexibility index (Phi) is 4.62. The van der Waals surface area contributed by atoms with Crippen LogP contribution in [0.15, 0.2) is 11.1 Å². The number of aromatic nitrogens is 2. The summed E-state index contributed by atoms with van der Waals surface area (Å²) in [6, 6.07) is 0. The Morgan fingerprint density at radius 1 is 1.37 bits per heavy atom. The van der Waals surface area contributed by atoms with E-state index >= 15 is 0 Å². The van der Waals surface area contributed by atoms with Crippen LogP contribution in [0.1, 0.15) is 44.7 Å². The minimum atomic E-state index is -3.41. The van der Waals surface area contributed by atoms with Crippen LogP contribution in [0.2, 0.25) is 0 Å². The maximum absolute atomic E-state index is 12.3. The van der Waals surface area contributed by atoms with Crippen molar-refractivity contribution in [2.75, 3.05) is 6.54 Å². The fraction of sp³-hybridized carbons (Fsp3) is 0.769. The molecule has 1 aliphatic carbocycles. The van der Waals surface area contributed by atoms with Gasteiger partial charge in [0.05, 0.1) is 11.9 Å². The van der Waals surface area contributed by atoms with Crippen LogP contribution < -0.4 is 4.72 Å². The molecule has 0 bridgehead atoms. The van der Waals surface area contributed by atoms with Gasteiger partial charge in [-0.1, -0.05) is 19.3 Å². The molecule has 108 valence electrons. The molecule has 1 saturated carbocycles. The second kappa shape index (κ2) is 6.05. The summed E-state index contributed by atoms with van der Waals surface area (Å²) in [5.74, 6) is 0.491. The molecule has 0 saturated heterocycles. The van der Waals surface area contributed by atoms with E-state index in [2.05, 4.69) is 9.82 Å². The first-order chi connectivity index (χ1) is 9.04. The summed E-state index contributed by atoms with van der Waals surface area (Å²) >= 11 is 0. The molecule has 1 N–H and O–H groups in total. The average molecular weight is 285 g/mol. The van der Waals surface area contributed by atoms with Gasteiger partial charge in [-0.3, -0.25) is 4.68 Å². The lowest BCUT2D eigenvalue weighted by atomic mass is 9.90. The topological polar surface area (TPSA) is 64.0 Å². The van der Waals surface area contributed by atoms with Gasteiger partial charge < -0.3 is 0 Å². The van der Waals surface area contributed by atoms with Crippen molar-refractivity contribution in [2.45, 2.75) is 57.4 Å². The highest BCUT2D eigenvalue weighted by Crippen LogP contribution is 2.23. The van der Waals surface area contributed by atoms with E-state index in [4.69, 9.17) is 0 Å². The van der Waals surface area contributed by atoms with Crippen molar-refractivity contribution in [2.24, 2.45) is 5.92 Å². The minimum absolute atomic E-state index is 0.310. The summed E-state index contributed by atoms with van der Waals surface area (Å²) in [6.07, 6.45) is 7.44. The van der Waals surface area contributed by atoms with Crippen LogP contribution in [0.3, 0.4) is 0 Å². The monoisotopic (exact) mass is 285 g/mol. The molecule has 0 unspecified atom stereocenters. The van der Waals surface area contributed by atoms with Crippen molar-refractivity contribution < 1.29 is 8.42 Å². The Morgan fingerprint density at radius 2 is 2.05 bits per heavy atom. The molecule has 1 aliphatic rings. The van der Waals surface area contributed by atoms with E-state index in [1.165, 1.54) is 25.5 Å². The van der Waals surface area contributed by atoms with E-state index in [1.54, 1.807) is 11.6 Å². The lowest BCUT2D eigenvalue weighted by Gasteiger charge is -2.21. The quantitative estimate of drug-likeness (QED) is 0.900. The Balaban J connectivity index is 2.03. The van der Waals surface area contributed by atoms with Gasteiger partial charge in [0.1, 0.15) is 4.90 Å². The van der Waals surface area contributed by atoms with Crippen molar-refractivity contribution in [3.63, 3.8) is 0 Å². The standard InChI is InChI=1S/C13H23N3O2S/c1-3-16-11(2)13(10-14-16)19(17,18)15-9-12-7-5-4-6-8-12/h10,12,15H,3-9H2,1-2H3. The first-order valence-corrected chi connectivity index (χ1v) is 8.55. The van der Waals surface area contributed by atoms with Gasteiger partial charge in [0.15, 0.2) is 0 Å². The zero-order valence-corrected chi connectivity index (χ0v) is 12.5. The fourth-order valence-corrected chi connectivity index (χ4v) is 4.00. The van der Waals surface area contributed by atoms with Crippen molar-refractivity contribution >= 4 is 10.0 Å². The molecule has 19 heavy (non-hydrogen) atoms. The molecule has 6 heteroatoms. The SMILES string of the molecule is CCn1ncc(S(=O)(=O)NCC2CCCCC2)c1C. The third-order valence-electron chi connectivity index (χ3n) is 3.93. The summed E-state index contributed by atoms with van der Waals surface area (Å²) in [7, 11) is -3.41. The van der Waals surface area contributed by atoms with E-state index in [0.29, 0.717) is 29.6 Å². The zero-order chi connectivity index (χ0) is 13.9. The van der Waals surface area contributed by atoms with Crippen LogP contribution in [0.4, 0.5) is 0 Å². The number of hydrogen-bond acceptors (Lipinski definition) is 3. The Labute approximate surface area is 115 Å². The third-order valence-corrected chi connectivity index (χ3v) is 5.46. The lowest BCUT2D eigenvalue weighted by Crippen LogP contribution is -2.30. The number of sulfonamides is 1. The normalized spacial score (nSPS) is 17.8. The molecule has 0 spiro atoms. The van der Waals surface area contributed by atoms with Crippen molar-refractivity contribution in [3.8, 4) is 0 Å². The maximum Gasteiger partial charge on any atom is 0.243 e. The van der Waals surface area contributed by atoms with Gasteiger partial charge >= 0.3 is 0 Å². The van der Waals surface area contributed by atoms with Crippen molar-refractivity contribution in [1.82, 2.24) is 14.5 Å². The van der Waals surface area contributed by atoms with Crippen LogP contribution in [-0.4, -0.2) is 24.7 Å². The average Bonchev–Trinajstić information content (AvgIpc) is 2.79. The smallest absolute Gasteiger partial charge is 0.243 e. The van der Waals surface area contributed by atoms with Crippen LogP contribution in [0, 0.1) is 12.8 Å². The minimum Gasteiger partial charge on any atom is -0.269 e. The van der Waals surface area contributed by atoms with Gasteiger partial charge in [0.2, 0.25) is 10.0 Å². The van der Waals surface area contributed by atoms with Crippen molar-refractivity contribution in [1.29, 1.82) is 0 Å². The van der Waals surface area contributed by atoms with E-state index in [0.717, 1.165) is 12.8 Å². The van der Waals surface area contributed by atoms with E-state index in [9.17, 15) is 8.42 Å². The molecule has 5 nitrogen and oxygen atoms in total. The van der Waals surface area contributed by atoms with Gasteiger partial charge in [-0.25, -0.2) is 13.1 Å².